The number of hydrogen-bond donors (Lipinski definition) is 2. The van der Waals surface area contributed by atoms with E-state index < -0.39 is 0 Å². The van der Waals surface area contributed by atoms with Crippen molar-refractivity contribution in [3.63, 3.8) is 0 Å². The van der Waals surface area contributed by atoms with Crippen LogP contribution in [0.2, 0.25) is 0 Å². The quantitative estimate of drug-likeness (QED) is 0.359. The first-order valence-corrected chi connectivity index (χ1v) is 3.34. The zero-order chi connectivity index (χ0) is 6.27. The summed E-state index contributed by atoms with van der Waals surface area (Å²) in [5.41, 5.74) is 0.999. The van der Waals surface area contributed by atoms with Crippen LogP contribution in [0.15, 0.2) is 5.16 Å². The standard InChI is InChI=1S/C6H10N2O/c9-8-6-2-5-1-4(6)3-7-5/h4-5,7,9H,1-3H2/b8-6+. The van der Waals surface area contributed by atoms with E-state index in [1.165, 1.54) is 6.42 Å². The molecule has 2 fully saturated rings. The Morgan fingerprint density at radius 2 is 2.56 bits per heavy atom. The van der Waals surface area contributed by atoms with Gasteiger partial charge in [0.2, 0.25) is 0 Å². The molecule has 2 aliphatic rings. The minimum Gasteiger partial charge on any atom is -0.411 e. The molecule has 1 aliphatic heterocycles. The van der Waals surface area contributed by atoms with Gasteiger partial charge in [-0.1, -0.05) is 5.16 Å². The minimum atomic E-state index is 0.542. The Hall–Kier alpha value is -0.570. The summed E-state index contributed by atoms with van der Waals surface area (Å²) in [6, 6.07) is 0.612. The maximum atomic E-state index is 8.45. The molecule has 0 radical (unpaired) electrons. The van der Waals surface area contributed by atoms with Gasteiger partial charge in [-0.2, -0.15) is 0 Å². The molecule has 9 heavy (non-hydrogen) atoms. The largest absolute Gasteiger partial charge is 0.411 e. The van der Waals surface area contributed by atoms with Crippen molar-refractivity contribution in [1.82, 2.24) is 5.32 Å². The molecular formula is C6H10N2O. The van der Waals surface area contributed by atoms with Gasteiger partial charge in [0.1, 0.15) is 0 Å². The predicted molar refractivity (Wildman–Crippen MR) is 33.7 cm³/mol. The van der Waals surface area contributed by atoms with Crippen LogP contribution in [0.3, 0.4) is 0 Å². The third-order valence-corrected chi connectivity index (χ3v) is 2.28. The van der Waals surface area contributed by atoms with E-state index in [-0.39, 0.29) is 0 Å². The first kappa shape index (κ1) is 5.23. The van der Waals surface area contributed by atoms with Crippen LogP contribution in [0.5, 0.6) is 0 Å². The molecule has 1 heterocycles. The van der Waals surface area contributed by atoms with Gasteiger partial charge in [-0.05, 0) is 6.42 Å². The van der Waals surface area contributed by atoms with Gasteiger partial charge in [0.15, 0.2) is 0 Å². The van der Waals surface area contributed by atoms with E-state index in [4.69, 9.17) is 5.21 Å². The first-order chi connectivity index (χ1) is 4.40. The minimum absolute atomic E-state index is 0.542. The average molecular weight is 126 g/mol. The number of piperidine rings is 1. The fraction of sp³-hybridized carbons (Fsp3) is 0.833. The van der Waals surface area contributed by atoms with Gasteiger partial charge in [-0.15, -0.1) is 0 Å². The van der Waals surface area contributed by atoms with E-state index in [1.807, 2.05) is 0 Å². The van der Waals surface area contributed by atoms with E-state index in [1.54, 1.807) is 0 Å². The van der Waals surface area contributed by atoms with Crippen molar-refractivity contribution in [2.75, 3.05) is 6.54 Å². The molecule has 1 saturated carbocycles. The van der Waals surface area contributed by atoms with Gasteiger partial charge in [-0.3, -0.25) is 0 Å². The zero-order valence-electron chi connectivity index (χ0n) is 5.17. The van der Waals surface area contributed by atoms with Crippen LogP contribution >= 0.6 is 0 Å². The summed E-state index contributed by atoms with van der Waals surface area (Å²) in [5, 5.41) is 15.0. The zero-order valence-corrected chi connectivity index (χ0v) is 5.17. The maximum absolute atomic E-state index is 8.45. The van der Waals surface area contributed by atoms with Gasteiger partial charge in [0.05, 0.1) is 5.71 Å². The highest BCUT2D eigenvalue weighted by atomic mass is 16.4. The number of hydrogen-bond acceptors (Lipinski definition) is 3. The van der Waals surface area contributed by atoms with Gasteiger partial charge in [0, 0.05) is 24.9 Å². The summed E-state index contributed by atoms with van der Waals surface area (Å²) in [4.78, 5) is 0. The van der Waals surface area contributed by atoms with Crippen molar-refractivity contribution in [2.45, 2.75) is 18.9 Å². The number of fused-ring (bicyclic) bond motifs is 2. The molecule has 2 rings (SSSR count). The Kier molecular flexibility index (Phi) is 0.990. The molecule has 2 unspecified atom stereocenters. The second kappa shape index (κ2) is 1.70. The first-order valence-electron chi connectivity index (χ1n) is 3.34. The van der Waals surface area contributed by atoms with Gasteiger partial charge < -0.3 is 10.5 Å². The highest BCUT2D eigenvalue weighted by Crippen LogP contribution is 2.28. The van der Waals surface area contributed by atoms with Crippen LogP contribution in [0.25, 0.3) is 0 Å². The molecule has 50 valence electrons. The molecule has 0 aromatic heterocycles. The van der Waals surface area contributed by atoms with Crippen LogP contribution in [-0.4, -0.2) is 23.5 Å². The summed E-state index contributed by atoms with van der Waals surface area (Å²) in [6.07, 6.45) is 2.14. The molecule has 1 aliphatic carbocycles. The predicted octanol–water partition coefficient (Wildman–Crippen LogP) is 0.198. The topological polar surface area (TPSA) is 44.6 Å². The van der Waals surface area contributed by atoms with Gasteiger partial charge in [-0.25, -0.2) is 0 Å². The van der Waals surface area contributed by atoms with E-state index >= 15 is 0 Å². The van der Waals surface area contributed by atoms with Crippen molar-refractivity contribution < 1.29 is 5.21 Å². The summed E-state index contributed by atoms with van der Waals surface area (Å²) in [7, 11) is 0. The maximum Gasteiger partial charge on any atom is 0.0630 e. The summed E-state index contributed by atoms with van der Waals surface area (Å²) in [5.74, 6) is 0.542. The van der Waals surface area contributed by atoms with E-state index in [0.29, 0.717) is 12.0 Å². The van der Waals surface area contributed by atoms with Crippen molar-refractivity contribution >= 4 is 5.71 Å². The monoisotopic (exact) mass is 126 g/mol. The molecule has 0 aromatic carbocycles. The average Bonchev–Trinajstić information content (AvgIpc) is 2.45. The molecule has 2 N–H and O–H groups in total. The molecule has 3 heteroatoms. The molecule has 2 atom stereocenters. The Labute approximate surface area is 53.7 Å². The van der Waals surface area contributed by atoms with E-state index in [9.17, 15) is 0 Å². The van der Waals surface area contributed by atoms with Gasteiger partial charge >= 0.3 is 0 Å². The Bertz CT molecular complexity index is 155. The molecular weight excluding hydrogens is 116 g/mol. The normalized spacial score (nSPS) is 44.7. The summed E-state index contributed by atoms with van der Waals surface area (Å²) >= 11 is 0. The molecule has 3 nitrogen and oxygen atoms in total. The van der Waals surface area contributed by atoms with Crippen LogP contribution in [-0.2, 0) is 0 Å². The number of nitrogens with zero attached hydrogens (tertiary/aromatic N) is 1. The third-order valence-electron chi connectivity index (χ3n) is 2.28. The van der Waals surface area contributed by atoms with Crippen molar-refractivity contribution in [2.24, 2.45) is 11.1 Å². The Balaban J connectivity index is 2.18. The lowest BCUT2D eigenvalue weighted by molar-refractivity contribution is 0.314. The van der Waals surface area contributed by atoms with Crippen molar-refractivity contribution in [3.05, 3.63) is 0 Å². The smallest absolute Gasteiger partial charge is 0.0630 e. The molecule has 0 aromatic rings. The lowest BCUT2D eigenvalue weighted by Gasteiger charge is -2.10. The second-order valence-electron chi connectivity index (χ2n) is 2.83. The Morgan fingerprint density at radius 1 is 1.67 bits per heavy atom. The fourth-order valence-corrected chi connectivity index (χ4v) is 1.77. The lowest BCUT2D eigenvalue weighted by Crippen LogP contribution is -2.29. The highest BCUT2D eigenvalue weighted by Gasteiger charge is 2.36. The molecule has 0 amide bonds. The van der Waals surface area contributed by atoms with E-state index in [0.717, 1.165) is 18.7 Å². The number of oxime groups is 1. The van der Waals surface area contributed by atoms with Crippen LogP contribution in [0.4, 0.5) is 0 Å². The van der Waals surface area contributed by atoms with Crippen LogP contribution in [0, 0.1) is 5.92 Å². The Morgan fingerprint density at radius 3 is 2.89 bits per heavy atom. The molecule has 1 saturated heterocycles. The number of rotatable bonds is 0. The van der Waals surface area contributed by atoms with Crippen molar-refractivity contribution in [3.8, 4) is 0 Å². The van der Waals surface area contributed by atoms with Crippen LogP contribution < -0.4 is 5.32 Å². The second-order valence-corrected chi connectivity index (χ2v) is 2.83. The molecule has 0 spiro atoms. The van der Waals surface area contributed by atoms with E-state index in [2.05, 4.69) is 10.5 Å². The third kappa shape index (κ3) is 0.645. The summed E-state index contributed by atoms with van der Waals surface area (Å²) < 4.78 is 0. The molecule has 2 bridgehead atoms. The van der Waals surface area contributed by atoms with Crippen molar-refractivity contribution in [1.29, 1.82) is 0 Å². The SMILES string of the molecule is O/N=C1\CC2CC1CN2. The fourth-order valence-electron chi connectivity index (χ4n) is 1.77. The lowest BCUT2D eigenvalue weighted by atomic mass is 10.1. The summed E-state index contributed by atoms with van der Waals surface area (Å²) in [6.45, 7) is 1.02. The van der Waals surface area contributed by atoms with Gasteiger partial charge in [0.25, 0.3) is 0 Å². The highest BCUT2D eigenvalue weighted by molar-refractivity contribution is 5.90. The van der Waals surface area contributed by atoms with Crippen LogP contribution in [0.1, 0.15) is 12.8 Å². The number of nitrogens with one attached hydrogen (secondary N) is 1.